The van der Waals surface area contributed by atoms with E-state index in [0.29, 0.717) is 5.75 Å². The summed E-state index contributed by atoms with van der Waals surface area (Å²) in [7, 11) is 1.54. The summed E-state index contributed by atoms with van der Waals surface area (Å²) in [6.07, 6.45) is 2.97. The third kappa shape index (κ3) is 1.39. The Hall–Kier alpha value is -0.770. The molecule has 0 unspecified atom stereocenters. The van der Waals surface area contributed by atoms with Crippen LogP contribution in [0.15, 0.2) is 22.9 Å². The number of methoxy groups -OCH3 is 1. The van der Waals surface area contributed by atoms with E-state index in [1.54, 1.807) is 13.2 Å². The maximum absolute atomic E-state index is 8.88. The molecule has 0 spiro atoms. The standard InChI is InChI=1S/C6H7BrNO2/c1-10-6-4-8(9)3-2-5(6)7/h2-4,9H,1H3/q+1. The molecule has 1 aromatic rings. The van der Waals surface area contributed by atoms with Crippen LogP contribution in [-0.4, -0.2) is 12.3 Å². The average Bonchev–Trinajstić information content (AvgIpc) is 1.94. The Morgan fingerprint density at radius 3 is 2.90 bits per heavy atom. The summed E-state index contributed by atoms with van der Waals surface area (Å²) in [5.74, 6) is 0.602. The van der Waals surface area contributed by atoms with Crippen molar-refractivity contribution in [2.45, 2.75) is 0 Å². The van der Waals surface area contributed by atoms with Crippen molar-refractivity contribution in [2.24, 2.45) is 0 Å². The lowest BCUT2D eigenvalue weighted by Crippen LogP contribution is -2.28. The molecular weight excluding hydrogens is 198 g/mol. The van der Waals surface area contributed by atoms with Gasteiger partial charge in [0.15, 0.2) is 0 Å². The van der Waals surface area contributed by atoms with Crippen molar-refractivity contribution < 1.29 is 14.7 Å². The molecule has 1 aromatic heterocycles. The van der Waals surface area contributed by atoms with Crippen molar-refractivity contribution in [3.05, 3.63) is 22.9 Å². The van der Waals surface area contributed by atoms with Crippen molar-refractivity contribution in [1.29, 1.82) is 0 Å². The smallest absolute Gasteiger partial charge is 0.265 e. The van der Waals surface area contributed by atoms with Gasteiger partial charge in [-0.05, 0) is 15.9 Å². The molecule has 0 fully saturated rings. The summed E-state index contributed by atoms with van der Waals surface area (Å²) in [5.41, 5.74) is 0. The molecule has 0 aliphatic carbocycles. The fourth-order valence-electron chi connectivity index (χ4n) is 0.599. The summed E-state index contributed by atoms with van der Waals surface area (Å²) in [4.78, 5) is 0. The predicted octanol–water partition coefficient (Wildman–Crippen LogP) is 0.982. The summed E-state index contributed by atoms with van der Waals surface area (Å²) >= 11 is 3.24. The molecule has 1 N–H and O–H groups in total. The monoisotopic (exact) mass is 204 g/mol. The van der Waals surface area contributed by atoms with E-state index in [2.05, 4.69) is 15.9 Å². The van der Waals surface area contributed by atoms with Crippen LogP contribution in [0.2, 0.25) is 0 Å². The Balaban J connectivity index is 3.09. The van der Waals surface area contributed by atoms with Crippen molar-refractivity contribution in [2.75, 3.05) is 7.11 Å². The molecule has 10 heavy (non-hydrogen) atoms. The molecule has 4 heteroatoms. The topological polar surface area (TPSA) is 33.3 Å². The lowest BCUT2D eigenvalue weighted by molar-refractivity contribution is -0.905. The van der Waals surface area contributed by atoms with Crippen LogP contribution >= 0.6 is 15.9 Å². The quantitative estimate of drug-likeness (QED) is 0.547. The largest absolute Gasteiger partial charge is 0.490 e. The summed E-state index contributed by atoms with van der Waals surface area (Å²) in [6.45, 7) is 0. The van der Waals surface area contributed by atoms with Crippen molar-refractivity contribution >= 4 is 15.9 Å². The normalized spacial score (nSPS) is 9.40. The first-order chi connectivity index (χ1) is 4.74. The minimum atomic E-state index is 0.602. The molecule has 54 valence electrons. The molecule has 0 bridgehead atoms. The van der Waals surface area contributed by atoms with Crippen LogP contribution in [-0.2, 0) is 0 Å². The van der Waals surface area contributed by atoms with Crippen LogP contribution in [0.1, 0.15) is 0 Å². The van der Waals surface area contributed by atoms with Gasteiger partial charge in [0.2, 0.25) is 11.9 Å². The van der Waals surface area contributed by atoms with E-state index in [1.165, 1.54) is 12.4 Å². The summed E-state index contributed by atoms with van der Waals surface area (Å²) in [5, 5.41) is 8.88. The first kappa shape index (κ1) is 7.34. The van der Waals surface area contributed by atoms with Gasteiger partial charge in [0.1, 0.15) is 0 Å². The molecule has 0 aliphatic rings. The van der Waals surface area contributed by atoms with Gasteiger partial charge >= 0.3 is 0 Å². The van der Waals surface area contributed by atoms with Gasteiger partial charge in [0, 0.05) is 10.8 Å². The molecule has 0 saturated heterocycles. The molecular formula is C6H7BrNO2+. The average molecular weight is 205 g/mol. The van der Waals surface area contributed by atoms with Gasteiger partial charge in [-0.1, -0.05) is 0 Å². The van der Waals surface area contributed by atoms with E-state index in [1.807, 2.05) is 0 Å². The summed E-state index contributed by atoms with van der Waals surface area (Å²) < 4.78 is 6.65. The van der Waals surface area contributed by atoms with Crippen molar-refractivity contribution in [3.8, 4) is 5.75 Å². The fourth-order valence-corrected chi connectivity index (χ4v) is 0.981. The number of pyridine rings is 1. The fraction of sp³-hybridized carbons (Fsp3) is 0.167. The van der Waals surface area contributed by atoms with E-state index < -0.39 is 0 Å². The third-order valence-corrected chi connectivity index (χ3v) is 1.73. The first-order valence-electron chi connectivity index (χ1n) is 2.68. The van der Waals surface area contributed by atoms with Crippen LogP contribution in [0.3, 0.4) is 0 Å². The highest BCUT2D eigenvalue weighted by molar-refractivity contribution is 9.10. The highest BCUT2D eigenvalue weighted by Crippen LogP contribution is 2.20. The molecule has 0 saturated carbocycles. The van der Waals surface area contributed by atoms with Crippen molar-refractivity contribution in [1.82, 2.24) is 0 Å². The number of rotatable bonds is 1. The predicted molar refractivity (Wildman–Crippen MR) is 38.1 cm³/mol. The Kier molecular flexibility index (Phi) is 2.11. The second-order valence-electron chi connectivity index (χ2n) is 1.74. The zero-order valence-electron chi connectivity index (χ0n) is 5.41. The first-order valence-corrected chi connectivity index (χ1v) is 3.47. The Morgan fingerprint density at radius 2 is 2.40 bits per heavy atom. The summed E-state index contributed by atoms with van der Waals surface area (Å²) in [6, 6.07) is 1.69. The van der Waals surface area contributed by atoms with Gasteiger partial charge < -0.3 is 4.74 Å². The van der Waals surface area contributed by atoms with Gasteiger partial charge in [-0.3, -0.25) is 5.21 Å². The molecule has 0 amide bonds. The van der Waals surface area contributed by atoms with E-state index in [9.17, 15) is 0 Å². The van der Waals surface area contributed by atoms with Crippen molar-refractivity contribution in [3.63, 3.8) is 0 Å². The number of hydrogen-bond acceptors (Lipinski definition) is 2. The number of nitrogens with zero attached hydrogens (tertiary/aromatic N) is 1. The Labute approximate surface area is 67.0 Å². The van der Waals surface area contributed by atoms with E-state index in [0.717, 1.165) is 9.20 Å². The minimum Gasteiger partial charge on any atom is -0.490 e. The van der Waals surface area contributed by atoms with Gasteiger partial charge in [-0.25, -0.2) is 0 Å². The molecule has 0 radical (unpaired) electrons. The highest BCUT2D eigenvalue weighted by atomic mass is 79.9. The molecule has 3 nitrogen and oxygen atoms in total. The highest BCUT2D eigenvalue weighted by Gasteiger charge is 2.04. The van der Waals surface area contributed by atoms with Gasteiger partial charge in [-0.2, -0.15) is 0 Å². The van der Waals surface area contributed by atoms with Gasteiger partial charge in [0.25, 0.3) is 6.20 Å². The van der Waals surface area contributed by atoms with Crippen LogP contribution < -0.4 is 9.47 Å². The van der Waals surface area contributed by atoms with E-state index in [4.69, 9.17) is 9.94 Å². The van der Waals surface area contributed by atoms with Crippen LogP contribution in [0.4, 0.5) is 0 Å². The minimum absolute atomic E-state index is 0.602. The van der Waals surface area contributed by atoms with Crippen LogP contribution in [0.25, 0.3) is 0 Å². The lowest BCUT2D eigenvalue weighted by Gasteiger charge is -1.96. The van der Waals surface area contributed by atoms with E-state index >= 15 is 0 Å². The second-order valence-corrected chi connectivity index (χ2v) is 2.60. The maximum Gasteiger partial charge on any atom is 0.265 e. The zero-order chi connectivity index (χ0) is 7.56. The second kappa shape index (κ2) is 2.88. The zero-order valence-corrected chi connectivity index (χ0v) is 7.00. The number of halogens is 1. The molecule has 0 aliphatic heterocycles. The lowest BCUT2D eigenvalue weighted by atomic mass is 10.5. The Morgan fingerprint density at radius 1 is 1.70 bits per heavy atom. The third-order valence-electron chi connectivity index (χ3n) is 1.08. The number of aromatic nitrogens is 1. The number of ether oxygens (including phenoxy) is 1. The van der Waals surface area contributed by atoms with Gasteiger partial charge in [-0.15, -0.1) is 0 Å². The molecule has 1 heterocycles. The van der Waals surface area contributed by atoms with E-state index in [-0.39, 0.29) is 0 Å². The maximum atomic E-state index is 8.88. The number of hydrogen-bond donors (Lipinski definition) is 1. The molecule has 1 rings (SSSR count). The van der Waals surface area contributed by atoms with Crippen LogP contribution in [0.5, 0.6) is 5.75 Å². The van der Waals surface area contributed by atoms with Gasteiger partial charge in [0.05, 0.1) is 11.6 Å². The SMILES string of the molecule is COc1c[n+](O)ccc1Br. The Bertz CT molecular complexity index is 239. The molecule has 0 atom stereocenters. The molecule has 0 aromatic carbocycles. The van der Waals surface area contributed by atoms with Crippen LogP contribution in [0, 0.1) is 0 Å².